The summed E-state index contributed by atoms with van der Waals surface area (Å²) in [5, 5.41) is 3.65. The van der Waals surface area contributed by atoms with E-state index in [1.54, 1.807) is 11.3 Å². The molecule has 0 bridgehead atoms. The first-order valence-corrected chi connectivity index (χ1v) is 7.88. The molecule has 1 aromatic heterocycles. The Hall–Kier alpha value is -0.0900. The van der Waals surface area contributed by atoms with E-state index in [0.29, 0.717) is 12.1 Å². The van der Waals surface area contributed by atoms with Crippen LogP contribution in [0.3, 0.4) is 0 Å². The summed E-state index contributed by atoms with van der Waals surface area (Å²) < 4.78 is 6.68. The molecule has 1 N–H and O–H groups in total. The summed E-state index contributed by atoms with van der Waals surface area (Å²) in [4.78, 5) is 1.30. The van der Waals surface area contributed by atoms with Gasteiger partial charge in [0.15, 0.2) is 0 Å². The molecular weight excluding hydrogens is 266 g/mol. The summed E-state index contributed by atoms with van der Waals surface area (Å²) >= 11 is 7.60. The topological polar surface area (TPSA) is 21.3 Å². The Morgan fingerprint density at radius 3 is 2.83 bits per heavy atom. The van der Waals surface area contributed by atoms with Crippen molar-refractivity contribution in [2.24, 2.45) is 5.41 Å². The van der Waals surface area contributed by atoms with Gasteiger partial charge < -0.3 is 10.1 Å². The zero-order valence-electron chi connectivity index (χ0n) is 11.3. The SMILES string of the molecule is CCOC1CC(NCc2ccc(Cl)s2)C1(C)CC. The molecule has 0 spiro atoms. The third-order valence-electron chi connectivity index (χ3n) is 4.26. The largest absolute Gasteiger partial charge is 0.378 e. The second-order valence-electron chi connectivity index (χ2n) is 5.18. The zero-order chi connectivity index (χ0) is 13.2. The number of thiophene rings is 1. The lowest BCUT2D eigenvalue weighted by Crippen LogP contribution is -2.61. The van der Waals surface area contributed by atoms with E-state index >= 15 is 0 Å². The van der Waals surface area contributed by atoms with Crippen molar-refractivity contribution in [3.8, 4) is 0 Å². The second-order valence-corrected chi connectivity index (χ2v) is 6.98. The molecule has 1 heterocycles. The van der Waals surface area contributed by atoms with E-state index in [1.807, 2.05) is 6.07 Å². The molecular formula is C14H22ClNOS. The van der Waals surface area contributed by atoms with Gasteiger partial charge in [-0.2, -0.15) is 0 Å². The maximum atomic E-state index is 5.94. The van der Waals surface area contributed by atoms with Crippen LogP contribution in [0.15, 0.2) is 12.1 Å². The Morgan fingerprint density at radius 2 is 2.28 bits per heavy atom. The summed E-state index contributed by atoms with van der Waals surface area (Å²) in [6.45, 7) is 8.38. The highest BCUT2D eigenvalue weighted by atomic mass is 35.5. The highest BCUT2D eigenvalue weighted by Crippen LogP contribution is 2.46. The summed E-state index contributed by atoms with van der Waals surface area (Å²) in [7, 11) is 0. The minimum absolute atomic E-state index is 0.275. The first-order chi connectivity index (χ1) is 8.60. The number of rotatable bonds is 6. The summed E-state index contributed by atoms with van der Waals surface area (Å²) in [5.41, 5.74) is 0.275. The van der Waals surface area contributed by atoms with Gasteiger partial charge >= 0.3 is 0 Å². The Labute approximate surface area is 119 Å². The molecule has 1 fully saturated rings. The van der Waals surface area contributed by atoms with Crippen molar-refractivity contribution >= 4 is 22.9 Å². The van der Waals surface area contributed by atoms with Gasteiger partial charge in [0.2, 0.25) is 0 Å². The number of nitrogens with one attached hydrogen (secondary N) is 1. The fourth-order valence-electron chi connectivity index (χ4n) is 2.74. The first kappa shape index (κ1) is 14.3. The first-order valence-electron chi connectivity index (χ1n) is 6.69. The lowest BCUT2D eigenvalue weighted by Gasteiger charge is -2.53. The number of halogens is 1. The molecule has 1 aliphatic carbocycles. The normalized spacial score (nSPS) is 31.3. The van der Waals surface area contributed by atoms with Gasteiger partial charge in [0.05, 0.1) is 10.4 Å². The molecule has 2 rings (SSSR count). The molecule has 0 aliphatic heterocycles. The maximum absolute atomic E-state index is 5.94. The Kier molecular flexibility index (Phi) is 4.70. The summed E-state index contributed by atoms with van der Waals surface area (Å²) in [6, 6.07) is 4.62. The van der Waals surface area contributed by atoms with Crippen LogP contribution in [-0.4, -0.2) is 18.8 Å². The smallest absolute Gasteiger partial charge is 0.0931 e. The van der Waals surface area contributed by atoms with Gasteiger partial charge in [-0.05, 0) is 31.9 Å². The van der Waals surface area contributed by atoms with E-state index < -0.39 is 0 Å². The molecule has 1 saturated carbocycles. The number of ether oxygens (including phenoxy) is 1. The molecule has 0 aromatic carbocycles. The molecule has 0 radical (unpaired) electrons. The van der Waals surface area contributed by atoms with Crippen molar-refractivity contribution < 1.29 is 4.74 Å². The van der Waals surface area contributed by atoms with Crippen molar-refractivity contribution in [1.29, 1.82) is 0 Å². The molecule has 0 amide bonds. The lowest BCUT2D eigenvalue weighted by molar-refractivity contribution is -0.126. The van der Waals surface area contributed by atoms with Gasteiger partial charge in [0.1, 0.15) is 0 Å². The minimum Gasteiger partial charge on any atom is -0.378 e. The van der Waals surface area contributed by atoms with Crippen LogP contribution in [0, 0.1) is 5.41 Å². The molecule has 3 unspecified atom stereocenters. The van der Waals surface area contributed by atoms with Gasteiger partial charge in [-0.25, -0.2) is 0 Å². The highest BCUT2D eigenvalue weighted by molar-refractivity contribution is 7.16. The maximum Gasteiger partial charge on any atom is 0.0931 e. The van der Waals surface area contributed by atoms with E-state index in [9.17, 15) is 0 Å². The third-order valence-corrected chi connectivity index (χ3v) is 5.49. The van der Waals surface area contributed by atoms with E-state index in [2.05, 4.69) is 32.2 Å². The Balaban J connectivity index is 1.87. The second kappa shape index (κ2) is 5.91. The van der Waals surface area contributed by atoms with Crippen LogP contribution in [0.5, 0.6) is 0 Å². The summed E-state index contributed by atoms with van der Waals surface area (Å²) in [6.07, 6.45) is 2.69. The van der Waals surface area contributed by atoms with E-state index in [1.165, 1.54) is 4.88 Å². The van der Waals surface area contributed by atoms with Crippen LogP contribution in [0.2, 0.25) is 4.34 Å². The average Bonchev–Trinajstić information content (AvgIpc) is 2.77. The van der Waals surface area contributed by atoms with Crippen LogP contribution in [0.1, 0.15) is 38.5 Å². The van der Waals surface area contributed by atoms with Crippen molar-refractivity contribution in [2.45, 2.75) is 52.3 Å². The predicted octanol–water partition coefficient (Wildman–Crippen LogP) is 4.08. The molecule has 0 saturated heterocycles. The van der Waals surface area contributed by atoms with Crippen molar-refractivity contribution in [3.05, 3.63) is 21.3 Å². The Morgan fingerprint density at radius 1 is 1.50 bits per heavy atom. The molecule has 2 nitrogen and oxygen atoms in total. The van der Waals surface area contributed by atoms with Crippen molar-refractivity contribution in [3.63, 3.8) is 0 Å². The van der Waals surface area contributed by atoms with Crippen LogP contribution < -0.4 is 5.32 Å². The fourth-order valence-corrected chi connectivity index (χ4v) is 3.78. The van der Waals surface area contributed by atoms with Crippen LogP contribution in [0.25, 0.3) is 0 Å². The van der Waals surface area contributed by atoms with Crippen LogP contribution in [0.4, 0.5) is 0 Å². The molecule has 1 aromatic rings. The number of hydrogen-bond acceptors (Lipinski definition) is 3. The number of hydrogen-bond donors (Lipinski definition) is 1. The molecule has 4 heteroatoms. The van der Waals surface area contributed by atoms with E-state index in [4.69, 9.17) is 16.3 Å². The Bertz CT molecular complexity index is 395. The van der Waals surface area contributed by atoms with E-state index in [-0.39, 0.29) is 5.41 Å². The average molecular weight is 288 g/mol. The highest BCUT2D eigenvalue weighted by Gasteiger charge is 2.50. The third kappa shape index (κ3) is 2.74. The predicted molar refractivity (Wildman–Crippen MR) is 78.4 cm³/mol. The summed E-state index contributed by atoms with van der Waals surface area (Å²) in [5.74, 6) is 0. The lowest BCUT2D eigenvalue weighted by atomic mass is 9.61. The zero-order valence-corrected chi connectivity index (χ0v) is 12.9. The fraction of sp³-hybridized carbons (Fsp3) is 0.714. The van der Waals surface area contributed by atoms with Crippen LogP contribution in [-0.2, 0) is 11.3 Å². The van der Waals surface area contributed by atoms with Gasteiger partial charge in [-0.3, -0.25) is 0 Å². The molecule has 1 aliphatic rings. The minimum atomic E-state index is 0.275. The quantitative estimate of drug-likeness (QED) is 0.851. The van der Waals surface area contributed by atoms with Gasteiger partial charge in [-0.1, -0.05) is 25.4 Å². The van der Waals surface area contributed by atoms with Crippen LogP contribution >= 0.6 is 22.9 Å². The molecule has 3 atom stereocenters. The van der Waals surface area contributed by atoms with Gasteiger partial charge in [0, 0.05) is 29.5 Å². The van der Waals surface area contributed by atoms with Gasteiger partial charge in [0.25, 0.3) is 0 Å². The van der Waals surface area contributed by atoms with Gasteiger partial charge in [-0.15, -0.1) is 11.3 Å². The monoisotopic (exact) mass is 287 g/mol. The molecule has 102 valence electrons. The standard InChI is InChI=1S/C14H22ClNOS/c1-4-14(3)11(8-12(14)17-5-2)16-9-10-6-7-13(15)18-10/h6-7,11-12,16H,4-5,8-9H2,1-3H3. The molecule has 18 heavy (non-hydrogen) atoms. The van der Waals surface area contributed by atoms with Crippen molar-refractivity contribution in [1.82, 2.24) is 5.32 Å². The van der Waals surface area contributed by atoms with Crippen molar-refractivity contribution in [2.75, 3.05) is 6.61 Å². The van der Waals surface area contributed by atoms with E-state index in [0.717, 1.165) is 30.3 Å².